The van der Waals surface area contributed by atoms with Crippen molar-refractivity contribution in [3.8, 4) is 0 Å². The van der Waals surface area contributed by atoms with Gasteiger partial charge in [0.05, 0.1) is 5.92 Å². The van der Waals surface area contributed by atoms with Crippen molar-refractivity contribution in [2.24, 2.45) is 17.8 Å². The van der Waals surface area contributed by atoms with Crippen LogP contribution >= 0.6 is 0 Å². The molecule has 146 valence electrons. The van der Waals surface area contributed by atoms with Crippen LogP contribution in [0.1, 0.15) is 24.3 Å². The van der Waals surface area contributed by atoms with E-state index in [2.05, 4.69) is 22.4 Å². The molecule has 1 N–H and O–H groups in total. The van der Waals surface area contributed by atoms with Gasteiger partial charge in [0.2, 0.25) is 15.9 Å². The minimum Gasteiger partial charge on any atom is -0.360 e. The SMILES string of the molecule is CNC(=O)[C@@H]1CN(S(=O)(=O)c2c(C)noc2C)C[C@H]1C1CCN(C)CC1. The lowest BCUT2D eigenvalue weighted by Gasteiger charge is -2.34. The van der Waals surface area contributed by atoms with E-state index in [1.165, 1.54) is 4.31 Å². The van der Waals surface area contributed by atoms with E-state index >= 15 is 0 Å². The molecule has 0 radical (unpaired) electrons. The minimum atomic E-state index is -3.73. The normalized spacial score (nSPS) is 26.3. The summed E-state index contributed by atoms with van der Waals surface area (Å²) in [7, 11) is -0.0239. The second kappa shape index (κ2) is 7.28. The van der Waals surface area contributed by atoms with Gasteiger partial charge in [-0.25, -0.2) is 8.42 Å². The third-order valence-electron chi connectivity index (χ3n) is 5.85. The molecule has 2 saturated heterocycles. The molecule has 0 bridgehead atoms. The Balaban J connectivity index is 1.87. The van der Waals surface area contributed by atoms with Crippen molar-refractivity contribution in [2.75, 3.05) is 40.3 Å². The topological polar surface area (TPSA) is 95.8 Å². The van der Waals surface area contributed by atoms with Crippen molar-refractivity contribution >= 4 is 15.9 Å². The van der Waals surface area contributed by atoms with Gasteiger partial charge in [0.25, 0.3) is 0 Å². The minimum absolute atomic E-state index is 0.0406. The highest BCUT2D eigenvalue weighted by atomic mass is 32.2. The summed E-state index contributed by atoms with van der Waals surface area (Å²) >= 11 is 0. The van der Waals surface area contributed by atoms with Crippen molar-refractivity contribution in [1.82, 2.24) is 19.7 Å². The maximum atomic E-state index is 13.2. The Hall–Kier alpha value is -1.45. The molecule has 1 aromatic heterocycles. The summed E-state index contributed by atoms with van der Waals surface area (Å²) < 4.78 is 32.8. The third kappa shape index (κ3) is 3.39. The lowest BCUT2D eigenvalue weighted by atomic mass is 9.78. The molecule has 9 heteroatoms. The number of aryl methyl sites for hydroxylation is 2. The molecule has 0 saturated carbocycles. The summed E-state index contributed by atoms with van der Waals surface area (Å²) in [6.45, 7) is 5.79. The molecule has 1 amide bonds. The average molecular weight is 385 g/mol. The lowest BCUT2D eigenvalue weighted by molar-refractivity contribution is -0.125. The first kappa shape index (κ1) is 19.3. The maximum Gasteiger partial charge on any atom is 0.248 e. The number of aromatic nitrogens is 1. The third-order valence-corrected chi connectivity index (χ3v) is 7.93. The smallest absolute Gasteiger partial charge is 0.248 e. The number of rotatable bonds is 4. The van der Waals surface area contributed by atoms with E-state index in [9.17, 15) is 13.2 Å². The van der Waals surface area contributed by atoms with E-state index in [1.807, 2.05) is 0 Å². The first-order chi connectivity index (χ1) is 12.3. The first-order valence-corrected chi connectivity index (χ1v) is 10.5. The molecule has 2 atom stereocenters. The van der Waals surface area contributed by atoms with Crippen LogP contribution in [0, 0.1) is 31.6 Å². The van der Waals surface area contributed by atoms with E-state index in [4.69, 9.17) is 4.52 Å². The molecule has 2 aliphatic rings. The van der Waals surface area contributed by atoms with Crippen LogP contribution in [0.2, 0.25) is 0 Å². The Labute approximate surface area is 154 Å². The van der Waals surface area contributed by atoms with E-state index in [-0.39, 0.29) is 29.2 Å². The van der Waals surface area contributed by atoms with Gasteiger partial charge in [-0.3, -0.25) is 4.79 Å². The van der Waals surface area contributed by atoms with Gasteiger partial charge in [-0.2, -0.15) is 4.31 Å². The second-order valence-electron chi connectivity index (χ2n) is 7.50. The molecule has 3 rings (SSSR count). The summed E-state index contributed by atoms with van der Waals surface area (Å²) in [5.74, 6) is 0.299. The number of nitrogens with zero attached hydrogens (tertiary/aromatic N) is 3. The van der Waals surface area contributed by atoms with Crippen LogP contribution < -0.4 is 5.32 Å². The number of carbonyl (C=O) groups is 1. The Morgan fingerprint density at radius 2 is 1.88 bits per heavy atom. The van der Waals surface area contributed by atoms with Crippen LogP contribution in [0.3, 0.4) is 0 Å². The second-order valence-corrected chi connectivity index (χ2v) is 9.38. The van der Waals surface area contributed by atoms with E-state index < -0.39 is 10.0 Å². The number of hydrogen-bond acceptors (Lipinski definition) is 6. The molecule has 1 aromatic rings. The fraction of sp³-hybridized carbons (Fsp3) is 0.765. The van der Waals surface area contributed by atoms with Gasteiger partial charge in [0, 0.05) is 20.1 Å². The number of amides is 1. The number of piperidine rings is 1. The van der Waals surface area contributed by atoms with Gasteiger partial charge in [0.15, 0.2) is 5.76 Å². The number of nitrogens with one attached hydrogen (secondary N) is 1. The van der Waals surface area contributed by atoms with Gasteiger partial charge in [-0.15, -0.1) is 0 Å². The van der Waals surface area contributed by atoms with Crippen LogP contribution in [0.4, 0.5) is 0 Å². The summed E-state index contributed by atoms with van der Waals surface area (Å²) in [4.78, 5) is 14.9. The fourth-order valence-electron chi connectivity index (χ4n) is 4.36. The Morgan fingerprint density at radius 1 is 1.23 bits per heavy atom. The van der Waals surface area contributed by atoms with Gasteiger partial charge in [0.1, 0.15) is 10.6 Å². The molecular weight excluding hydrogens is 356 g/mol. The monoisotopic (exact) mass is 384 g/mol. The van der Waals surface area contributed by atoms with Gasteiger partial charge < -0.3 is 14.7 Å². The Bertz CT molecular complexity index is 748. The molecule has 2 aliphatic heterocycles. The zero-order chi connectivity index (χ0) is 19.1. The Kier molecular flexibility index (Phi) is 5.41. The predicted molar refractivity (Wildman–Crippen MR) is 96.0 cm³/mol. The number of hydrogen-bond donors (Lipinski definition) is 1. The number of carbonyl (C=O) groups excluding carboxylic acids is 1. The highest BCUT2D eigenvalue weighted by Crippen LogP contribution is 2.38. The van der Waals surface area contributed by atoms with Crippen LogP contribution in [0.25, 0.3) is 0 Å². The summed E-state index contributed by atoms with van der Waals surface area (Å²) in [6, 6.07) is 0. The average Bonchev–Trinajstić information content (AvgIpc) is 3.19. The summed E-state index contributed by atoms with van der Waals surface area (Å²) in [5, 5.41) is 6.49. The zero-order valence-electron chi connectivity index (χ0n) is 15.9. The molecule has 0 aromatic carbocycles. The van der Waals surface area contributed by atoms with Crippen molar-refractivity contribution in [2.45, 2.75) is 31.6 Å². The van der Waals surface area contributed by atoms with Crippen LogP contribution in [0.15, 0.2) is 9.42 Å². The van der Waals surface area contributed by atoms with Crippen LogP contribution in [0.5, 0.6) is 0 Å². The van der Waals surface area contributed by atoms with Gasteiger partial charge in [-0.05, 0) is 58.7 Å². The lowest BCUT2D eigenvalue weighted by Crippen LogP contribution is -2.39. The predicted octanol–water partition coefficient (Wildman–Crippen LogP) is 0.616. The van der Waals surface area contributed by atoms with Crippen molar-refractivity contribution in [3.63, 3.8) is 0 Å². The quantitative estimate of drug-likeness (QED) is 0.817. The molecule has 2 fully saturated rings. The van der Waals surface area contributed by atoms with E-state index in [0.29, 0.717) is 23.9 Å². The molecule has 0 aliphatic carbocycles. The van der Waals surface area contributed by atoms with Crippen molar-refractivity contribution in [3.05, 3.63) is 11.5 Å². The standard InChI is InChI=1S/C17H28N4O4S/c1-11-16(12(2)25-19-11)26(23,24)21-9-14(15(10-21)17(22)18-3)13-5-7-20(4)8-6-13/h13-15H,5-10H2,1-4H3,(H,18,22)/t14-,15+/m0/s1. The fourth-order valence-corrected chi connectivity index (χ4v) is 6.15. The molecule has 0 unspecified atom stereocenters. The first-order valence-electron chi connectivity index (χ1n) is 9.08. The van der Waals surface area contributed by atoms with Crippen molar-refractivity contribution in [1.29, 1.82) is 0 Å². The van der Waals surface area contributed by atoms with Gasteiger partial charge >= 0.3 is 0 Å². The molecular formula is C17H28N4O4S. The zero-order valence-corrected chi connectivity index (χ0v) is 16.7. The van der Waals surface area contributed by atoms with Crippen LogP contribution in [-0.4, -0.2) is 69.0 Å². The van der Waals surface area contributed by atoms with E-state index in [0.717, 1.165) is 25.9 Å². The summed E-state index contributed by atoms with van der Waals surface area (Å²) in [6.07, 6.45) is 1.99. The highest BCUT2D eigenvalue weighted by molar-refractivity contribution is 7.89. The van der Waals surface area contributed by atoms with Crippen LogP contribution in [-0.2, 0) is 14.8 Å². The van der Waals surface area contributed by atoms with Gasteiger partial charge in [-0.1, -0.05) is 5.16 Å². The van der Waals surface area contributed by atoms with Crippen molar-refractivity contribution < 1.29 is 17.7 Å². The molecule has 3 heterocycles. The maximum absolute atomic E-state index is 13.2. The molecule has 0 spiro atoms. The molecule has 26 heavy (non-hydrogen) atoms. The highest BCUT2D eigenvalue weighted by Gasteiger charge is 2.47. The number of sulfonamides is 1. The largest absolute Gasteiger partial charge is 0.360 e. The summed E-state index contributed by atoms with van der Waals surface area (Å²) in [5.41, 5.74) is 0.363. The number of likely N-dealkylation sites (tertiary alicyclic amines) is 1. The van der Waals surface area contributed by atoms with E-state index in [1.54, 1.807) is 20.9 Å². The molecule has 8 nitrogen and oxygen atoms in total. The Morgan fingerprint density at radius 3 is 2.42 bits per heavy atom.